The van der Waals surface area contributed by atoms with Crippen LogP contribution in [0.4, 0.5) is 0 Å². The normalized spacial score (nSPS) is 12.2. The summed E-state index contributed by atoms with van der Waals surface area (Å²) < 4.78 is 22.9. The summed E-state index contributed by atoms with van der Waals surface area (Å²) >= 11 is 0. The zero-order valence-electron chi connectivity index (χ0n) is 21.3. The van der Waals surface area contributed by atoms with E-state index in [9.17, 15) is 9.90 Å². The van der Waals surface area contributed by atoms with E-state index < -0.39 is 11.6 Å². The molecule has 0 amide bonds. The highest BCUT2D eigenvalue weighted by Gasteiger charge is 2.29. The number of carboxylic acids is 1. The van der Waals surface area contributed by atoms with Crippen LogP contribution in [0.2, 0.25) is 0 Å². The molecule has 0 saturated carbocycles. The molecule has 0 bridgehead atoms. The van der Waals surface area contributed by atoms with E-state index in [1.807, 2.05) is 48.5 Å². The van der Waals surface area contributed by atoms with Gasteiger partial charge in [-0.05, 0) is 86.0 Å². The van der Waals surface area contributed by atoms with Gasteiger partial charge in [-0.15, -0.1) is 0 Å². The van der Waals surface area contributed by atoms with Crippen molar-refractivity contribution in [1.82, 2.24) is 0 Å². The zero-order chi connectivity index (χ0) is 26.0. The molecular weight excluding hydrogens is 456 g/mol. The molecule has 0 aliphatic carbocycles. The summed E-state index contributed by atoms with van der Waals surface area (Å²) in [6, 6.07) is 22.9. The smallest absolute Gasteiger partial charge is 0.347 e. The Balaban J connectivity index is 1.55. The zero-order valence-corrected chi connectivity index (χ0v) is 21.3. The molecule has 0 aliphatic rings. The maximum Gasteiger partial charge on any atom is 0.347 e. The number of rotatable bonds is 13. The molecule has 3 rings (SSSR count). The van der Waals surface area contributed by atoms with Crippen LogP contribution in [0.1, 0.15) is 33.6 Å². The number of allylic oxidation sites excluding steroid dienone is 1. The maximum atomic E-state index is 11.2. The van der Waals surface area contributed by atoms with Gasteiger partial charge in [-0.3, -0.25) is 0 Å². The Morgan fingerprint density at radius 2 is 1.39 bits per heavy atom. The van der Waals surface area contributed by atoms with E-state index in [0.29, 0.717) is 24.5 Å². The first-order valence-corrected chi connectivity index (χ1v) is 12.0. The molecule has 190 valence electrons. The molecule has 0 saturated heterocycles. The van der Waals surface area contributed by atoms with Crippen LogP contribution < -0.4 is 18.9 Å². The second-order valence-electron chi connectivity index (χ2n) is 8.77. The fraction of sp³-hybridized carbons (Fsp3) is 0.300. The van der Waals surface area contributed by atoms with Crippen LogP contribution in [0.5, 0.6) is 23.0 Å². The van der Waals surface area contributed by atoms with E-state index in [1.165, 1.54) is 13.8 Å². The number of benzene rings is 3. The topological polar surface area (TPSA) is 74.2 Å². The SMILES string of the molecule is CC/C=C/C(CCOc1ccc(OC(C)(C)C(=O)O)cc1)Oc1ccc(-c2ccc(OC)cc2)cc1. The predicted molar refractivity (Wildman–Crippen MR) is 141 cm³/mol. The Bertz CT molecular complexity index is 1120. The van der Waals surface area contributed by atoms with Crippen molar-refractivity contribution < 1.29 is 28.8 Å². The van der Waals surface area contributed by atoms with Gasteiger partial charge in [-0.25, -0.2) is 4.79 Å². The third kappa shape index (κ3) is 7.80. The molecular formula is C30H34O6. The minimum absolute atomic E-state index is 0.129. The van der Waals surface area contributed by atoms with Crippen LogP contribution in [0, 0.1) is 0 Å². The van der Waals surface area contributed by atoms with Gasteiger partial charge in [0.25, 0.3) is 0 Å². The van der Waals surface area contributed by atoms with Crippen molar-refractivity contribution in [2.45, 2.75) is 45.3 Å². The Kier molecular flexibility index (Phi) is 9.39. The summed E-state index contributed by atoms with van der Waals surface area (Å²) in [4.78, 5) is 11.2. The highest BCUT2D eigenvalue weighted by atomic mass is 16.5. The number of methoxy groups -OCH3 is 1. The van der Waals surface area contributed by atoms with Gasteiger partial charge in [-0.1, -0.05) is 37.3 Å². The van der Waals surface area contributed by atoms with Gasteiger partial charge in [0.2, 0.25) is 0 Å². The number of hydrogen-bond acceptors (Lipinski definition) is 5. The first-order valence-electron chi connectivity index (χ1n) is 12.0. The molecule has 1 unspecified atom stereocenters. The largest absolute Gasteiger partial charge is 0.497 e. The fourth-order valence-corrected chi connectivity index (χ4v) is 3.40. The molecule has 0 radical (unpaired) electrons. The number of aliphatic carboxylic acids is 1. The number of carbonyl (C=O) groups is 1. The van der Waals surface area contributed by atoms with Crippen LogP contribution in [0.15, 0.2) is 84.9 Å². The fourth-order valence-electron chi connectivity index (χ4n) is 3.40. The first-order chi connectivity index (χ1) is 17.3. The Hall–Kier alpha value is -3.93. The summed E-state index contributed by atoms with van der Waals surface area (Å²) in [6.07, 6.45) is 5.61. The van der Waals surface area contributed by atoms with Gasteiger partial charge in [0.1, 0.15) is 29.1 Å². The Morgan fingerprint density at radius 1 is 0.861 bits per heavy atom. The monoisotopic (exact) mass is 490 g/mol. The molecule has 0 aromatic heterocycles. The van der Waals surface area contributed by atoms with Crippen molar-refractivity contribution in [1.29, 1.82) is 0 Å². The lowest BCUT2D eigenvalue weighted by atomic mass is 10.1. The van der Waals surface area contributed by atoms with Crippen LogP contribution in [0.3, 0.4) is 0 Å². The van der Waals surface area contributed by atoms with Crippen molar-refractivity contribution in [3.8, 4) is 34.1 Å². The van der Waals surface area contributed by atoms with Gasteiger partial charge in [0.15, 0.2) is 5.60 Å². The van der Waals surface area contributed by atoms with Crippen molar-refractivity contribution in [2.24, 2.45) is 0 Å². The minimum atomic E-state index is -1.30. The van der Waals surface area contributed by atoms with Crippen molar-refractivity contribution in [3.63, 3.8) is 0 Å². The lowest BCUT2D eigenvalue weighted by Crippen LogP contribution is -2.37. The second kappa shape index (κ2) is 12.7. The maximum absolute atomic E-state index is 11.2. The second-order valence-corrected chi connectivity index (χ2v) is 8.77. The Labute approximate surface area is 213 Å². The van der Waals surface area contributed by atoms with Crippen LogP contribution in [0.25, 0.3) is 11.1 Å². The van der Waals surface area contributed by atoms with Crippen molar-refractivity contribution >= 4 is 5.97 Å². The van der Waals surface area contributed by atoms with Crippen LogP contribution >= 0.6 is 0 Å². The van der Waals surface area contributed by atoms with E-state index in [4.69, 9.17) is 18.9 Å². The van der Waals surface area contributed by atoms with Crippen LogP contribution in [-0.2, 0) is 4.79 Å². The third-order valence-electron chi connectivity index (χ3n) is 5.53. The lowest BCUT2D eigenvalue weighted by Gasteiger charge is -2.21. The van der Waals surface area contributed by atoms with Crippen LogP contribution in [-0.4, -0.2) is 36.5 Å². The lowest BCUT2D eigenvalue weighted by molar-refractivity contribution is -0.152. The van der Waals surface area contributed by atoms with Crippen molar-refractivity contribution in [3.05, 3.63) is 84.9 Å². The molecule has 6 heteroatoms. The molecule has 1 N–H and O–H groups in total. The van der Waals surface area contributed by atoms with E-state index in [1.54, 1.807) is 31.4 Å². The van der Waals surface area contributed by atoms with Gasteiger partial charge >= 0.3 is 5.97 Å². The summed E-state index contributed by atoms with van der Waals surface area (Å²) in [5.41, 5.74) is 0.917. The Morgan fingerprint density at radius 3 is 1.92 bits per heavy atom. The highest BCUT2D eigenvalue weighted by Crippen LogP contribution is 2.26. The molecule has 6 nitrogen and oxygen atoms in total. The predicted octanol–water partition coefficient (Wildman–Crippen LogP) is 6.79. The molecule has 0 fully saturated rings. The molecule has 1 atom stereocenters. The summed E-state index contributed by atoms with van der Waals surface area (Å²) in [5.74, 6) is 1.75. The summed E-state index contributed by atoms with van der Waals surface area (Å²) in [6.45, 7) is 5.57. The molecule has 3 aromatic carbocycles. The molecule has 0 aliphatic heterocycles. The van der Waals surface area contributed by atoms with E-state index in [-0.39, 0.29) is 6.10 Å². The third-order valence-corrected chi connectivity index (χ3v) is 5.53. The average molecular weight is 491 g/mol. The van der Waals surface area contributed by atoms with Gasteiger partial charge < -0.3 is 24.1 Å². The quantitative estimate of drug-likeness (QED) is 0.266. The average Bonchev–Trinajstić information content (AvgIpc) is 2.88. The van der Waals surface area contributed by atoms with E-state index in [2.05, 4.69) is 19.1 Å². The van der Waals surface area contributed by atoms with E-state index >= 15 is 0 Å². The molecule has 0 spiro atoms. The molecule has 36 heavy (non-hydrogen) atoms. The summed E-state index contributed by atoms with van der Waals surface area (Å²) in [5, 5.41) is 9.20. The number of ether oxygens (including phenoxy) is 4. The summed E-state index contributed by atoms with van der Waals surface area (Å²) in [7, 11) is 1.66. The number of hydrogen-bond donors (Lipinski definition) is 1. The first kappa shape index (κ1) is 26.7. The van der Waals surface area contributed by atoms with Gasteiger partial charge in [0, 0.05) is 6.42 Å². The number of carboxylic acid groups (broad SMARTS) is 1. The van der Waals surface area contributed by atoms with Gasteiger partial charge in [0.05, 0.1) is 13.7 Å². The molecule has 3 aromatic rings. The van der Waals surface area contributed by atoms with E-state index in [0.717, 1.165) is 29.0 Å². The van der Waals surface area contributed by atoms with Gasteiger partial charge in [-0.2, -0.15) is 0 Å². The minimum Gasteiger partial charge on any atom is -0.497 e. The molecule has 0 heterocycles. The van der Waals surface area contributed by atoms with Crippen molar-refractivity contribution in [2.75, 3.05) is 13.7 Å². The standard InChI is InChI=1S/C30H34O6/c1-5-6-7-26(20-21-34-25-16-18-28(19-17-25)36-30(2,3)29(31)32)35-27-14-10-23(11-15-27)22-8-12-24(33-4)13-9-22/h6-19,26H,5,20-21H2,1-4H3,(H,31,32)/b7-6+. The highest BCUT2D eigenvalue weighted by molar-refractivity contribution is 5.76.